The molecule has 0 atom stereocenters. The van der Waals surface area contributed by atoms with E-state index >= 15 is 0 Å². The third-order valence-corrected chi connectivity index (χ3v) is 4.59. The van der Waals surface area contributed by atoms with Crippen molar-refractivity contribution in [3.63, 3.8) is 0 Å². The maximum absolute atomic E-state index is 14.0. The number of halogens is 1. The number of amides is 1. The first-order chi connectivity index (χ1) is 14.6. The molecule has 0 saturated heterocycles. The van der Waals surface area contributed by atoms with E-state index in [0.717, 1.165) is 5.56 Å². The van der Waals surface area contributed by atoms with Crippen molar-refractivity contribution in [1.82, 2.24) is 4.98 Å². The first-order valence-corrected chi connectivity index (χ1v) is 9.23. The molecule has 0 bridgehead atoms. The molecule has 3 aromatic carbocycles. The summed E-state index contributed by atoms with van der Waals surface area (Å²) in [5, 5.41) is 2.84. The van der Waals surface area contributed by atoms with Crippen LogP contribution in [-0.2, 0) is 11.2 Å². The minimum absolute atomic E-state index is 0.164. The summed E-state index contributed by atoms with van der Waals surface area (Å²) in [6.45, 7) is 0. The van der Waals surface area contributed by atoms with Crippen molar-refractivity contribution in [2.24, 2.45) is 0 Å². The third kappa shape index (κ3) is 3.96. The zero-order chi connectivity index (χ0) is 21.1. The monoisotopic (exact) mass is 406 g/mol. The van der Waals surface area contributed by atoms with E-state index in [-0.39, 0.29) is 23.8 Å². The van der Waals surface area contributed by atoms with Gasteiger partial charge in [-0.25, -0.2) is 9.37 Å². The van der Waals surface area contributed by atoms with Gasteiger partial charge < -0.3 is 19.2 Å². The van der Waals surface area contributed by atoms with Crippen molar-refractivity contribution < 1.29 is 23.1 Å². The summed E-state index contributed by atoms with van der Waals surface area (Å²) >= 11 is 0. The van der Waals surface area contributed by atoms with Gasteiger partial charge in [-0.05, 0) is 48.0 Å². The average Bonchev–Trinajstić information content (AvgIpc) is 3.17. The normalized spacial score (nSPS) is 10.8. The zero-order valence-electron chi connectivity index (χ0n) is 16.4. The number of carbonyl (C=O) groups excluding carboxylic acids is 1. The fraction of sp³-hybridized carbons (Fsp3) is 0.130. The second-order valence-corrected chi connectivity index (χ2v) is 6.60. The lowest BCUT2D eigenvalue weighted by Crippen LogP contribution is -2.14. The number of oxazole rings is 1. The Balaban J connectivity index is 1.51. The van der Waals surface area contributed by atoms with Crippen molar-refractivity contribution >= 4 is 22.7 Å². The van der Waals surface area contributed by atoms with E-state index in [9.17, 15) is 9.18 Å². The Hall–Kier alpha value is -3.87. The predicted molar refractivity (Wildman–Crippen MR) is 111 cm³/mol. The van der Waals surface area contributed by atoms with Gasteiger partial charge in [-0.1, -0.05) is 18.2 Å². The molecule has 0 aliphatic carbocycles. The van der Waals surface area contributed by atoms with Gasteiger partial charge in [0.15, 0.2) is 17.1 Å². The number of ether oxygens (including phenoxy) is 2. The average molecular weight is 406 g/mol. The third-order valence-electron chi connectivity index (χ3n) is 4.59. The van der Waals surface area contributed by atoms with Crippen molar-refractivity contribution in [2.45, 2.75) is 6.42 Å². The van der Waals surface area contributed by atoms with Gasteiger partial charge in [0.1, 0.15) is 11.3 Å². The lowest BCUT2D eigenvalue weighted by atomic mass is 10.1. The standard InChI is InChI=1S/C23H19FN2O4/c1-28-20-9-7-14(11-21(20)29-2)12-22(27)25-15-8-10-19-18(13-15)26-23(30-19)16-5-3-4-6-17(16)24/h3-11,13H,12H2,1-2H3,(H,25,27). The summed E-state index contributed by atoms with van der Waals surface area (Å²) < 4.78 is 30.1. The van der Waals surface area contributed by atoms with E-state index in [2.05, 4.69) is 10.3 Å². The van der Waals surface area contributed by atoms with Crippen LogP contribution in [0.2, 0.25) is 0 Å². The van der Waals surface area contributed by atoms with E-state index < -0.39 is 5.82 Å². The highest BCUT2D eigenvalue weighted by Gasteiger charge is 2.13. The fourth-order valence-electron chi connectivity index (χ4n) is 3.14. The molecule has 1 heterocycles. The molecule has 0 radical (unpaired) electrons. The Kier molecular flexibility index (Phi) is 5.34. The number of nitrogens with zero attached hydrogens (tertiary/aromatic N) is 1. The van der Waals surface area contributed by atoms with E-state index in [1.165, 1.54) is 6.07 Å². The van der Waals surface area contributed by atoms with Crippen LogP contribution in [0.25, 0.3) is 22.6 Å². The van der Waals surface area contributed by atoms with Gasteiger partial charge in [0, 0.05) is 5.69 Å². The molecule has 1 aromatic heterocycles. The molecule has 7 heteroatoms. The number of methoxy groups -OCH3 is 2. The van der Waals surface area contributed by atoms with Crippen LogP contribution < -0.4 is 14.8 Å². The summed E-state index contributed by atoms with van der Waals surface area (Å²) in [5.74, 6) is 0.750. The highest BCUT2D eigenvalue weighted by molar-refractivity contribution is 5.94. The molecule has 0 aliphatic rings. The predicted octanol–water partition coefficient (Wildman–Crippen LogP) is 4.83. The number of hydrogen-bond acceptors (Lipinski definition) is 5. The Labute approximate surface area is 172 Å². The number of rotatable bonds is 6. The lowest BCUT2D eigenvalue weighted by molar-refractivity contribution is -0.115. The highest BCUT2D eigenvalue weighted by Crippen LogP contribution is 2.29. The SMILES string of the molecule is COc1ccc(CC(=O)Nc2ccc3oc(-c4ccccc4F)nc3c2)cc1OC. The molecule has 1 amide bonds. The Morgan fingerprint density at radius 3 is 2.60 bits per heavy atom. The molecule has 0 saturated carbocycles. The summed E-state index contributed by atoms with van der Waals surface area (Å²) in [6, 6.07) is 16.7. The van der Waals surface area contributed by atoms with Crippen LogP contribution in [-0.4, -0.2) is 25.1 Å². The quantitative estimate of drug-likeness (QED) is 0.496. The molecule has 6 nitrogen and oxygen atoms in total. The zero-order valence-corrected chi connectivity index (χ0v) is 16.4. The lowest BCUT2D eigenvalue weighted by Gasteiger charge is -2.10. The second-order valence-electron chi connectivity index (χ2n) is 6.60. The minimum Gasteiger partial charge on any atom is -0.493 e. The van der Waals surface area contributed by atoms with E-state index in [4.69, 9.17) is 13.9 Å². The molecule has 152 valence electrons. The van der Waals surface area contributed by atoms with Crippen LogP contribution in [0.5, 0.6) is 11.5 Å². The number of carbonyl (C=O) groups is 1. The number of anilines is 1. The van der Waals surface area contributed by atoms with Crippen molar-refractivity contribution in [2.75, 3.05) is 19.5 Å². The molecule has 4 rings (SSSR count). The number of fused-ring (bicyclic) bond motifs is 1. The van der Waals surface area contributed by atoms with E-state index in [1.807, 2.05) is 6.07 Å². The summed E-state index contributed by atoms with van der Waals surface area (Å²) in [7, 11) is 3.10. The van der Waals surface area contributed by atoms with Crippen LogP contribution in [0.15, 0.2) is 65.1 Å². The Morgan fingerprint density at radius 2 is 1.83 bits per heavy atom. The van der Waals surface area contributed by atoms with Crippen LogP contribution in [0.4, 0.5) is 10.1 Å². The largest absolute Gasteiger partial charge is 0.493 e. The molecule has 0 unspecified atom stereocenters. The van der Waals surface area contributed by atoms with Gasteiger partial charge in [-0.15, -0.1) is 0 Å². The van der Waals surface area contributed by atoms with Gasteiger partial charge in [0.2, 0.25) is 11.8 Å². The topological polar surface area (TPSA) is 73.6 Å². The van der Waals surface area contributed by atoms with Crippen molar-refractivity contribution in [3.05, 3.63) is 72.0 Å². The van der Waals surface area contributed by atoms with Crippen LogP contribution in [0.3, 0.4) is 0 Å². The Morgan fingerprint density at radius 1 is 1.03 bits per heavy atom. The molecule has 0 spiro atoms. The van der Waals surface area contributed by atoms with Gasteiger partial charge in [-0.2, -0.15) is 0 Å². The fourth-order valence-corrected chi connectivity index (χ4v) is 3.14. The number of aromatic nitrogens is 1. The highest BCUT2D eigenvalue weighted by atomic mass is 19.1. The van der Waals surface area contributed by atoms with Gasteiger partial charge in [0.25, 0.3) is 0 Å². The molecule has 0 aliphatic heterocycles. The smallest absolute Gasteiger partial charge is 0.230 e. The van der Waals surface area contributed by atoms with Crippen LogP contribution in [0, 0.1) is 5.82 Å². The maximum atomic E-state index is 14.0. The van der Waals surface area contributed by atoms with Gasteiger partial charge in [0.05, 0.1) is 26.2 Å². The Bertz CT molecular complexity index is 1220. The second kappa shape index (κ2) is 8.24. The summed E-state index contributed by atoms with van der Waals surface area (Å²) in [5.41, 5.74) is 2.67. The van der Waals surface area contributed by atoms with Crippen molar-refractivity contribution in [1.29, 1.82) is 0 Å². The summed E-state index contributed by atoms with van der Waals surface area (Å²) in [4.78, 5) is 16.8. The van der Waals surface area contributed by atoms with E-state index in [1.54, 1.807) is 62.8 Å². The molecule has 30 heavy (non-hydrogen) atoms. The van der Waals surface area contributed by atoms with Crippen LogP contribution in [0.1, 0.15) is 5.56 Å². The van der Waals surface area contributed by atoms with Crippen LogP contribution >= 0.6 is 0 Å². The van der Waals surface area contributed by atoms with E-state index in [0.29, 0.717) is 28.3 Å². The van der Waals surface area contributed by atoms with Gasteiger partial charge in [-0.3, -0.25) is 4.79 Å². The number of nitrogens with one attached hydrogen (secondary N) is 1. The van der Waals surface area contributed by atoms with Gasteiger partial charge >= 0.3 is 0 Å². The number of hydrogen-bond donors (Lipinski definition) is 1. The summed E-state index contributed by atoms with van der Waals surface area (Å²) in [6.07, 6.45) is 0.164. The molecular weight excluding hydrogens is 387 g/mol. The molecule has 1 N–H and O–H groups in total. The maximum Gasteiger partial charge on any atom is 0.230 e. The van der Waals surface area contributed by atoms with Crippen molar-refractivity contribution in [3.8, 4) is 23.0 Å². The first-order valence-electron chi connectivity index (χ1n) is 9.23. The first kappa shape index (κ1) is 19.4. The molecule has 0 fully saturated rings. The molecule has 4 aromatic rings. The molecular formula is C23H19FN2O4. The minimum atomic E-state index is -0.410. The number of benzene rings is 3.